The summed E-state index contributed by atoms with van der Waals surface area (Å²) in [6.45, 7) is 0.734. The van der Waals surface area contributed by atoms with Crippen LogP contribution in [0.15, 0.2) is 53.7 Å². The molecule has 1 heterocycles. The lowest BCUT2D eigenvalue weighted by Crippen LogP contribution is -2.23. The molecule has 0 fully saturated rings. The molecule has 0 unspecified atom stereocenters. The van der Waals surface area contributed by atoms with Gasteiger partial charge in [-0.15, -0.1) is 0 Å². The second-order valence-electron chi connectivity index (χ2n) is 4.27. The van der Waals surface area contributed by atoms with Gasteiger partial charge >= 0.3 is 0 Å². The lowest BCUT2D eigenvalue weighted by Gasteiger charge is -2.07. The molecule has 5 nitrogen and oxygen atoms in total. The Hall–Kier alpha value is -1.76. The summed E-state index contributed by atoms with van der Waals surface area (Å²) in [6.07, 6.45) is 2.86. The third-order valence-corrected chi connectivity index (χ3v) is 4.10. The second kappa shape index (κ2) is 6.60. The van der Waals surface area contributed by atoms with Gasteiger partial charge < -0.3 is 4.74 Å². The zero-order valence-electron chi connectivity index (χ0n) is 11.1. The highest BCUT2D eigenvalue weighted by atomic mass is 32.2. The number of rotatable bonds is 6. The number of methoxy groups -OCH3 is 1. The molecule has 0 amide bonds. The largest absolute Gasteiger partial charge is 0.380 e. The van der Waals surface area contributed by atoms with Gasteiger partial charge in [-0.2, -0.15) is 0 Å². The van der Waals surface area contributed by atoms with E-state index in [1.807, 2.05) is 24.3 Å². The third-order valence-electron chi connectivity index (χ3n) is 2.71. The van der Waals surface area contributed by atoms with Gasteiger partial charge in [-0.1, -0.05) is 24.3 Å². The van der Waals surface area contributed by atoms with Crippen molar-refractivity contribution in [3.8, 4) is 0 Å². The van der Waals surface area contributed by atoms with Crippen molar-refractivity contribution in [1.82, 2.24) is 9.71 Å². The Labute approximate surface area is 118 Å². The summed E-state index contributed by atoms with van der Waals surface area (Å²) in [5.41, 5.74) is 1.89. The number of nitrogens with one attached hydrogen (secondary N) is 1. The lowest BCUT2D eigenvalue weighted by molar-refractivity contribution is 0.185. The van der Waals surface area contributed by atoms with E-state index in [2.05, 4.69) is 9.71 Å². The van der Waals surface area contributed by atoms with Crippen LogP contribution in [0.25, 0.3) is 0 Å². The molecule has 1 aromatic carbocycles. The van der Waals surface area contributed by atoms with Gasteiger partial charge in [0.25, 0.3) is 0 Å². The van der Waals surface area contributed by atoms with Gasteiger partial charge in [0, 0.05) is 26.0 Å². The van der Waals surface area contributed by atoms with E-state index >= 15 is 0 Å². The van der Waals surface area contributed by atoms with Crippen LogP contribution >= 0.6 is 0 Å². The van der Waals surface area contributed by atoms with Gasteiger partial charge in [0.05, 0.1) is 6.61 Å². The van der Waals surface area contributed by atoms with Crippen molar-refractivity contribution in [3.05, 3.63) is 59.9 Å². The van der Waals surface area contributed by atoms with Crippen LogP contribution in [0.3, 0.4) is 0 Å². The van der Waals surface area contributed by atoms with Crippen molar-refractivity contribution in [3.63, 3.8) is 0 Å². The molecule has 2 rings (SSSR count). The third kappa shape index (κ3) is 3.86. The van der Waals surface area contributed by atoms with Gasteiger partial charge in [0.15, 0.2) is 0 Å². The molecule has 6 heteroatoms. The minimum absolute atomic E-state index is 0.160. The lowest BCUT2D eigenvalue weighted by atomic mass is 10.1. The molecule has 2 aromatic rings. The van der Waals surface area contributed by atoms with E-state index in [0.29, 0.717) is 6.61 Å². The summed E-state index contributed by atoms with van der Waals surface area (Å²) in [6, 6.07) is 10.7. The minimum Gasteiger partial charge on any atom is -0.380 e. The Morgan fingerprint density at radius 2 is 2.00 bits per heavy atom. The summed E-state index contributed by atoms with van der Waals surface area (Å²) in [5, 5.41) is 0. The molecular weight excluding hydrogens is 276 g/mol. The van der Waals surface area contributed by atoms with Crippen LogP contribution in [-0.2, 0) is 27.9 Å². The topological polar surface area (TPSA) is 68.3 Å². The van der Waals surface area contributed by atoms with Crippen molar-refractivity contribution < 1.29 is 13.2 Å². The van der Waals surface area contributed by atoms with Crippen molar-refractivity contribution in [1.29, 1.82) is 0 Å². The molecule has 0 aliphatic heterocycles. The first-order valence-corrected chi connectivity index (χ1v) is 7.56. The zero-order chi connectivity index (χ0) is 14.4. The predicted molar refractivity (Wildman–Crippen MR) is 75.4 cm³/mol. The molecule has 0 atom stereocenters. The van der Waals surface area contributed by atoms with Crippen LogP contribution in [0, 0.1) is 0 Å². The Morgan fingerprint density at radius 3 is 2.70 bits per heavy atom. The Morgan fingerprint density at radius 1 is 1.20 bits per heavy atom. The minimum atomic E-state index is -3.53. The highest BCUT2D eigenvalue weighted by Crippen LogP contribution is 2.09. The van der Waals surface area contributed by atoms with Crippen LogP contribution < -0.4 is 4.72 Å². The van der Waals surface area contributed by atoms with Crippen molar-refractivity contribution in [2.24, 2.45) is 0 Å². The summed E-state index contributed by atoms with van der Waals surface area (Å²) >= 11 is 0. The van der Waals surface area contributed by atoms with Crippen LogP contribution in [-0.4, -0.2) is 20.5 Å². The van der Waals surface area contributed by atoms with E-state index in [1.54, 1.807) is 13.2 Å². The van der Waals surface area contributed by atoms with E-state index < -0.39 is 10.0 Å². The second-order valence-corrected chi connectivity index (χ2v) is 6.03. The molecule has 1 aromatic heterocycles. The standard InChI is InChI=1S/C14H16N2O3S/c1-19-11-13-5-2-4-12(8-13)9-16-20(17,18)14-6-3-7-15-10-14/h2-8,10,16H,9,11H2,1H3. The number of pyridine rings is 1. The van der Waals surface area contributed by atoms with Crippen LogP contribution in [0.4, 0.5) is 0 Å². The summed E-state index contributed by atoms with van der Waals surface area (Å²) in [5.74, 6) is 0. The highest BCUT2D eigenvalue weighted by molar-refractivity contribution is 7.89. The number of benzene rings is 1. The normalized spacial score (nSPS) is 11.4. The average molecular weight is 292 g/mol. The van der Waals surface area contributed by atoms with Gasteiger partial charge in [-0.3, -0.25) is 4.98 Å². The first-order chi connectivity index (χ1) is 9.62. The maximum Gasteiger partial charge on any atom is 0.242 e. The molecule has 0 bridgehead atoms. The van der Waals surface area contributed by atoms with E-state index in [4.69, 9.17) is 4.74 Å². The van der Waals surface area contributed by atoms with Crippen molar-refractivity contribution in [2.75, 3.05) is 7.11 Å². The molecular formula is C14H16N2O3S. The first kappa shape index (κ1) is 14.6. The molecule has 1 N–H and O–H groups in total. The van der Waals surface area contributed by atoms with Gasteiger partial charge in [-0.05, 0) is 23.3 Å². The van der Waals surface area contributed by atoms with Crippen LogP contribution in [0.1, 0.15) is 11.1 Å². The Kier molecular flexibility index (Phi) is 4.84. The fourth-order valence-corrected chi connectivity index (χ4v) is 2.74. The molecule has 0 saturated carbocycles. The zero-order valence-corrected chi connectivity index (χ0v) is 11.9. The number of hydrogen-bond acceptors (Lipinski definition) is 4. The van der Waals surface area contributed by atoms with E-state index in [1.165, 1.54) is 18.5 Å². The predicted octanol–water partition coefficient (Wildman–Crippen LogP) is 1.71. The molecule has 0 saturated heterocycles. The molecule has 20 heavy (non-hydrogen) atoms. The maximum atomic E-state index is 12.0. The number of aromatic nitrogens is 1. The molecule has 0 aliphatic carbocycles. The summed E-state index contributed by atoms with van der Waals surface area (Å²) < 4.78 is 31.7. The van der Waals surface area contributed by atoms with E-state index in [0.717, 1.165) is 11.1 Å². The summed E-state index contributed by atoms with van der Waals surface area (Å²) in [4.78, 5) is 3.97. The SMILES string of the molecule is COCc1cccc(CNS(=O)(=O)c2cccnc2)c1. The van der Waals surface area contributed by atoms with E-state index in [-0.39, 0.29) is 11.4 Å². The van der Waals surface area contributed by atoms with Gasteiger partial charge in [0.1, 0.15) is 4.90 Å². The monoisotopic (exact) mass is 292 g/mol. The van der Waals surface area contributed by atoms with Gasteiger partial charge in [0.2, 0.25) is 10.0 Å². The highest BCUT2D eigenvalue weighted by Gasteiger charge is 2.13. The fraction of sp³-hybridized carbons (Fsp3) is 0.214. The first-order valence-electron chi connectivity index (χ1n) is 6.08. The van der Waals surface area contributed by atoms with Crippen LogP contribution in [0.2, 0.25) is 0 Å². The summed E-state index contributed by atoms with van der Waals surface area (Å²) in [7, 11) is -1.90. The smallest absolute Gasteiger partial charge is 0.242 e. The molecule has 106 valence electrons. The van der Waals surface area contributed by atoms with Crippen molar-refractivity contribution >= 4 is 10.0 Å². The Bertz CT molecular complexity index is 657. The molecule has 0 aliphatic rings. The maximum absolute atomic E-state index is 12.0. The van der Waals surface area contributed by atoms with Gasteiger partial charge in [-0.25, -0.2) is 13.1 Å². The quantitative estimate of drug-likeness (QED) is 0.880. The number of ether oxygens (including phenoxy) is 1. The average Bonchev–Trinajstić information content (AvgIpc) is 2.47. The number of hydrogen-bond donors (Lipinski definition) is 1. The fourth-order valence-electron chi connectivity index (χ4n) is 1.76. The number of nitrogens with zero attached hydrogens (tertiary/aromatic N) is 1. The number of sulfonamides is 1. The van der Waals surface area contributed by atoms with Crippen molar-refractivity contribution in [2.45, 2.75) is 18.0 Å². The van der Waals surface area contributed by atoms with E-state index in [9.17, 15) is 8.42 Å². The van der Waals surface area contributed by atoms with Crippen LogP contribution in [0.5, 0.6) is 0 Å². The Balaban J connectivity index is 2.07. The molecule has 0 spiro atoms. The molecule has 0 radical (unpaired) electrons.